The number of ether oxygens (including phenoxy) is 1. The Balaban J connectivity index is 1.84. The number of hydrogen-bond acceptors (Lipinski definition) is 6. The fraction of sp³-hybridized carbons (Fsp3) is 0.381. The van der Waals surface area contributed by atoms with Gasteiger partial charge >= 0.3 is 5.97 Å². The summed E-state index contributed by atoms with van der Waals surface area (Å²) in [6, 6.07) is 8.49. The molecule has 0 aliphatic carbocycles. The van der Waals surface area contributed by atoms with Crippen LogP contribution in [0.1, 0.15) is 30.7 Å². The van der Waals surface area contributed by atoms with Crippen LogP contribution in [-0.2, 0) is 19.1 Å². The van der Waals surface area contributed by atoms with Gasteiger partial charge in [-0.15, -0.1) is 11.3 Å². The second-order valence-electron chi connectivity index (χ2n) is 7.34. The molecular weight excluding hydrogens is 395 g/mol. The van der Waals surface area contributed by atoms with Gasteiger partial charge in [-0.3, -0.25) is 19.7 Å². The molecule has 1 aromatic heterocycles. The number of esters is 1. The highest BCUT2D eigenvalue weighted by atomic mass is 32.1. The lowest BCUT2D eigenvalue weighted by atomic mass is 9.77. The van der Waals surface area contributed by atoms with Crippen molar-refractivity contribution >= 4 is 34.8 Å². The van der Waals surface area contributed by atoms with E-state index in [0.717, 1.165) is 9.78 Å². The maximum Gasteiger partial charge on any atom is 0.326 e. The molecule has 2 aliphatic heterocycles. The third-order valence-electron chi connectivity index (χ3n) is 5.78. The number of carbonyl (C=O) groups excluding carboxylic acids is 3. The third kappa shape index (κ3) is 2.89. The summed E-state index contributed by atoms with van der Waals surface area (Å²) >= 11 is 1.46. The van der Waals surface area contributed by atoms with E-state index in [1.165, 1.54) is 42.7 Å². The normalized spacial score (nSPS) is 28.7. The van der Waals surface area contributed by atoms with Gasteiger partial charge in [0.1, 0.15) is 11.4 Å². The fourth-order valence-corrected chi connectivity index (χ4v) is 5.48. The molecule has 0 radical (unpaired) electrons. The zero-order valence-corrected chi connectivity index (χ0v) is 16.9. The molecule has 152 valence electrons. The summed E-state index contributed by atoms with van der Waals surface area (Å²) in [5.41, 5.74) is -0.986. The van der Waals surface area contributed by atoms with Crippen LogP contribution in [0.15, 0.2) is 41.8 Å². The standard InChI is InChI=1S/C21H21FN2O4S/c1-3-10-21(20(27)28-2)16-15(17(23-21)14-5-4-11-29-14)18(25)24(19(16)26)13-8-6-12(22)7-9-13/h4-9,11,15-17,23H,3,10H2,1-2H3/t15-,16-,17-,21-/m0/s1. The van der Waals surface area contributed by atoms with Crippen LogP contribution in [0.2, 0.25) is 0 Å². The molecule has 4 atom stereocenters. The topological polar surface area (TPSA) is 75.7 Å². The molecule has 2 fully saturated rings. The number of methoxy groups -OCH3 is 1. The second-order valence-corrected chi connectivity index (χ2v) is 8.32. The summed E-state index contributed by atoms with van der Waals surface area (Å²) in [5, 5.41) is 5.20. The number of imide groups is 1. The van der Waals surface area contributed by atoms with Crippen LogP contribution in [0, 0.1) is 17.7 Å². The van der Waals surface area contributed by atoms with Gasteiger partial charge in [0.2, 0.25) is 11.8 Å². The molecule has 0 unspecified atom stereocenters. The van der Waals surface area contributed by atoms with Gasteiger partial charge in [-0.25, -0.2) is 9.29 Å². The van der Waals surface area contributed by atoms with Gasteiger partial charge in [-0.1, -0.05) is 19.4 Å². The van der Waals surface area contributed by atoms with E-state index < -0.39 is 41.1 Å². The molecule has 0 saturated carbocycles. The van der Waals surface area contributed by atoms with Crippen molar-refractivity contribution in [3.05, 3.63) is 52.5 Å². The summed E-state index contributed by atoms with van der Waals surface area (Å²) in [6.07, 6.45) is 0.986. The Morgan fingerprint density at radius 3 is 2.55 bits per heavy atom. The Hall–Kier alpha value is -2.58. The van der Waals surface area contributed by atoms with E-state index in [4.69, 9.17) is 4.74 Å². The Morgan fingerprint density at radius 2 is 1.97 bits per heavy atom. The average Bonchev–Trinajstić information content (AvgIpc) is 3.41. The number of amides is 2. The monoisotopic (exact) mass is 416 g/mol. The highest BCUT2D eigenvalue weighted by Crippen LogP contribution is 2.52. The number of benzene rings is 1. The van der Waals surface area contributed by atoms with Crippen molar-refractivity contribution in [3.63, 3.8) is 0 Å². The minimum Gasteiger partial charge on any atom is -0.468 e. The lowest BCUT2D eigenvalue weighted by Crippen LogP contribution is -2.56. The number of halogens is 1. The molecule has 2 aromatic rings. The van der Waals surface area contributed by atoms with Crippen molar-refractivity contribution in [2.45, 2.75) is 31.3 Å². The molecule has 4 rings (SSSR count). The molecule has 3 heterocycles. The molecule has 29 heavy (non-hydrogen) atoms. The maximum atomic E-state index is 13.5. The molecule has 6 nitrogen and oxygen atoms in total. The van der Waals surface area contributed by atoms with Gasteiger partial charge in [0.25, 0.3) is 0 Å². The summed E-state index contributed by atoms with van der Waals surface area (Å²) in [4.78, 5) is 41.8. The Bertz CT molecular complexity index is 946. The fourth-order valence-electron chi connectivity index (χ4n) is 4.66. The average molecular weight is 416 g/mol. The van der Waals surface area contributed by atoms with Gasteiger partial charge in [0.05, 0.1) is 30.7 Å². The Morgan fingerprint density at radius 1 is 1.24 bits per heavy atom. The highest BCUT2D eigenvalue weighted by Gasteiger charge is 2.68. The summed E-state index contributed by atoms with van der Waals surface area (Å²) in [5.74, 6) is -3.48. The van der Waals surface area contributed by atoms with Crippen LogP contribution >= 0.6 is 11.3 Å². The van der Waals surface area contributed by atoms with E-state index in [-0.39, 0.29) is 5.91 Å². The van der Waals surface area contributed by atoms with Gasteiger partial charge < -0.3 is 4.74 Å². The third-order valence-corrected chi connectivity index (χ3v) is 6.74. The maximum absolute atomic E-state index is 13.5. The zero-order chi connectivity index (χ0) is 20.8. The largest absolute Gasteiger partial charge is 0.468 e. The number of hydrogen-bond donors (Lipinski definition) is 1. The quantitative estimate of drug-likeness (QED) is 0.599. The first kappa shape index (κ1) is 19.7. The van der Waals surface area contributed by atoms with Gasteiger partial charge in [-0.2, -0.15) is 0 Å². The number of anilines is 1. The molecule has 8 heteroatoms. The number of thiophene rings is 1. The number of carbonyl (C=O) groups is 3. The van der Waals surface area contributed by atoms with E-state index in [2.05, 4.69) is 5.32 Å². The second kappa shape index (κ2) is 7.35. The predicted octanol–water partition coefficient (Wildman–Crippen LogP) is 3.05. The summed E-state index contributed by atoms with van der Waals surface area (Å²) < 4.78 is 18.4. The van der Waals surface area contributed by atoms with E-state index in [0.29, 0.717) is 18.5 Å². The first-order chi connectivity index (χ1) is 13.9. The van der Waals surface area contributed by atoms with E-state index in [1.807, 2.05) is 24.4 Å². The van der Waals surface area contributed by atoms with E-state index in [9.17, 15) is 18.8 Å². The van der Waals surface area contributed by atoms with Crippen molar-refractivity contribution in [1.82, 2.24) is 5.32 Å². The van der Waals surface area contributed by atoms with Crippen molar-refractivity contribution in [3.8, 4) is 0 Å². The van der Waals surface area contributed by atoms with E-state index >= 15 is 0 Å². The Kier molecular flexibility index (Phi) is 5.00. The minimum absolute atomic E-state index is 0.302. The van der Waals surface area contributed by atoms with Crippen LogP contribution in [0.25, 0.3) is 0 Å². The van der Waals surface area contributed by atoms with Crippen molar-refractivity contribution < 1.29 is 23.5 Å². The number of nitrogens with one attached hydrogen (secondary N) is 1. The first-order valence-corrected chi connectivity index (χ1v) is 10.4. The minimum atomic E-state index is -1.29. The smallest absolute Gasteiger partial charge is 0.326 e. The molecule has 0 spiro atoms. The van der Waals surface area contributed by atoms with Crippen LogP contribution in [0.3, 0.4) is 0 Å². The molecule has 0 bridgehead atoms. The molecule has 1 aromatic carbocycles. The molecule has 2 aliphatic rings. The summed E-state index contributed by atoms with van der Waals surface area (Å²) in [6.45, 7) is 1.92. The Labute approximate surface area is 171 Å². The number of rotatable bonds is 5. The first-order valence-electron chi connectivity index (χ1n) is 9.47. The van der Waals surface area contributed by atoms with Crippen LogP contribution in [0.4, 0.5) is 10.1 Å². The summed E-state index contributed by atoms with van der Waals surface area (Å²) in [7, 11) is 1.29. The van der Waals surface area contributed by atoms with Crippen molar-refractivity contribution in [1.29, 1.82) is 0 Å². The van der Waals surface area contributed by atoms with Crippen LogP contribution in [0.5, 0.6) is 0 Å². The van der Waals surface area contributed by atoms with Crippen molar-refractivity contribution in [2.75, 3.05) is 12.0 Å². The lowest BCUT2D eigenvalue weighted by Gasteiger charge is -2.32. The van der Waals surface area contributed by atoms with Gasteiger partial charge in [0, 0.05) is 4.88 Å². The van der Waals surface area contributed by atoms with Crippen LogP contribution < -0.4 is 10.2 Å². The number of nitrogens with zero attached hydrogens (tertiary/aromatic N) is 1. The van der Waals surface area contributed by atoms with Crippen molar-refractivity contribution in [2.24, 2.45) is 11.8 Å². The SMILES string of the molecule is CCC[C@]1(C(=O)OC)N[C@@H](c2cccs2)[C@H]2C(=O)N(c3ccc(F)cc3)C(=O)[C@H]21. The molecular formula is C21H21FN2O4S. The molecule has 2 amide bonds. The number of fused-ring (bicyclic) bond motifs is 1. The van der Waals surface area contributed by atoms with Crippen LogP contribution in [-0.4, -0.2) is 30.4 Å². The predicted molar refractivity (Wildman–Crippen MR) is 106 cm³/mol. The zero-order valence-electron chi connectivity index (χ0n) is 16.1. The van der Waals surface area contributed by atoms with Gasteiger partial charge in [-0.05, 0) is 42.1 Å². The lowest BCUT2D eigenvalue weighted by molar-refractivity contribution is -0.152. The highest BCUT2D eigenvalue weighted by molar-refractivity contribution is 7.10. The molecule has 2 saturated heterocycles. The van der Waals surface area contributed by atoms with E-state index in [1.54, 1.807) is 0 Å². The van der Waals surface area contributed by atoms with Gasteiger partial charge in [0.15, 0.2) is 0 Å². The molecule has 1 N–H and O–H groups in total.